The molecule has 0 saturated heterocycles. The number of aromatic nitrogens is 3. The molecule has 30 heavy (non-hydrogen) atoms. The van der Waals surface area contributed by atoms with Gasteiger partial charge in [-0.25, -0.2) is 9.37 Å². The summed E-state index contributed by atoms with van der Waals surface area (Å²) in [5.41, 5.74) is 2.91. The molecule has 0 saturated carbocycles. The molecule has 2 heterocycles. The van der Waals surface area contributed by atoms with Gasteiger partial charge >= 0.3 is 0 Å². The first-order valence-corrected chi connectivity index (χ1v) is 9.63. The van der Waals surface area contributed by atoms with Gasteiger partial charge in [-0.05, 0) is 43.7 Å². The van der Waals surface area contributed by atoms with Crippen LogP contribution in [0, 0.1) is 12.7 Å². The van der Waals surface area contributed by atoms with Crippen LogP contribution >= 0.6 is 0 Å². The van der Waals surface area contributed by atoms with Crippen LogP contribution in [-0.4, -0.2) is 21.0 Å². The molecule has 0 aliphatic carbocycles. The number of aryl methyl sites for hydroxylation is 1. The van der Waals surface area contributed by atoms with E-state index < -0.39 is 6.04 Å². The Hall–Kier alpha value is -3.55. The molecule has 7 nitrogen and oxygen atoms in total. The predicted molar refractivity (Wildman–Crippen MR) is 108 cm³/mol. The molecule has 0 aliphatic heterocycles. The average Bonchev–Trinajstić information content (AvgIpc) is 3.34. The van der Waals surface area contributed by atoms with Gasteiger partial charge in [0.25, 0.3) is 5.91 Å². The van der Waals surface area contributed by atoms with Crippen LogP contribution in [-0.2, 0) is 0 Å². The molecule has 0 bridgehead atoms. The zero-order chi connectivity index (χ0) is 21.4. The van der Waals surface area contributed by atoms with Crippen molar-refractivity contribution < 1.29 is 18.1 Å². The van der Waals surface area contributed by atoms with Crippen LogP contribution in [0.3, 0.4) is 0 Å². The van der Waals surface area contributed by atoms with Crippen molar-refractivity contribution in [3.8, 4) is 11.1 Å². The minimum atomic E-state index is -0.466. The Bertz CT molecular complexity index is 1210. The molecule has 0 unspecified atom stereocenters. The van der Waals surface area contributed by atoms with Crippen LogP contribution < -0.4 is 5.32 Å². The Morgan fingerprint density at radius 2 is 1.80 bits per heavy atom. The van der Waals surface area contributed by atoms with E-state index in [4.69, 9.17) is 8.94 Å². The normalized spacial score (nSPS) is 12.5. The van der Waals surface area contributed by atoms with E-state index in [2.05, 4.69) is 20.4 Å². The van der Waals surface area contributed by atoms with E-state index in [1.807, 2.05) is 13.8 Å². The van der Waals surface area contributed by atoms with E-state index in [1.54, 1.807) is 38.1 Å². The Kier molecular flexibility index (Phi) is 5.07. The first-order chi connectivity index (χ1) is 14.3. The highest BCUT2D eigenvalue weighted by molar-refractivity contribution is 6.02. The SMILES string of the molecule is Cc1noc([C@@H](C)NC(=O)c2cc(-c3ccc(F)cc3)c3oc(C(C)C)nc3c2)n1. The summed E-state index contributed by atoms with van der Waals surface area (Å²) in [6, 6.07) is 8.96. The molecule has 4 rings (SSSR count). The number of fused-ring (bicyclic) bond motifs is 1. The summed E-state index contributed by atoms with van der Waals surface area (Å²) >= 11 is 0. The Morgan fingerprint density at radius 1 is 1.07 bits per heavy atom. The van der Waals surface area contributed by atoms with Crippen molar-refractivity contribution in [2.75, 3.05) is 0 Å². The van der Waals surface area contributed by atoms with Crippen LogP contribution in [0.5, 0.6) is 0 Å². The monoisotopic (exact) mass is 408 g/mol. The molecule has 2 aromatic heterocycles. The highest BCUT2D eigenvalue weighted by atomic mass is 19.1. The van der Waals surface area contributed by atoms with Gasteiger partial charge in [0.05, 0.1) is 0 Å². The smallest absolute Gasteiger partial charge is 0.252 e. The van der Waals surface area contributed by atoms with Gasteiger partial charge in [-0.15, -0.1) is 0 Å². The van der Waals surface area contributed by atoms with Gasteiger partial charge in [0.15, 0.2) is 17.3 Å². The second-order valence-corrected chi connectivity index (χ2v) is 7.46. The maximum atomic E-state index is 13.4. The van der Waals surface area contributed by atoms with Crippen molar-refractivity contribution in [2.45, 2.75) is 39.7 Å². The molecule has 1 atom stereocenters. The molecule has 1 amide bonds. The molecular weight excluding hydrogens is 387 g/mol. The second-order valence-electron chi connectivity index (χ2n) is 7.46. The number of carbonyl (C=O) groups is 1. The molecule has 4 aromatic rings. The van der Waals surface area contributed by atoms with Crippen molar-refractivity contribution >= 4 is 17.0 Å². The average molecular weight is 408 g/mol. The third-order valence-corrected chi connectivity index (χ3v) is 4.68. The van der Waals surface area contributed by atoms with Gasteiger partial charge in [0.2, 0.25) is 5.89 Å². The third-order valence-electron chi connectivity index (χ3n) is 4.68. The maximum Gasteiger partial charge on any atom is 0.252 e. The van der Waals surface area contributed by atoms with Crippen LogP contribution in [0.1, 0.15) is 60.7 Å². The zero-order valence-electron chi connectivity index (χ0n) is 17.1. The van der Waals surface area contributed by atoms with Gasteiger partial charge < -0.3 is 14.3 Å². The number of amides is 1. The van der Waals surface area contributed by atoms with E-state index in [1.165, 1.54) is 12.1 Å². The van der Waals surface area contributed by atoms with E-state index in [-0.39, 0.29) is 17.6 Å². The molecule has 0 spiro atoms. The van der Waals surface area contributed by atoms with E-state index >= 15 is 0 Å². The number of nitrogens with zero attached hydrogens (tertiary/aromatic N) is 3. The van der Waals surface area contributed by atoms with E-state index in [0.29, 0.717) is 39.8 Å². The fourth-order valence-corrected chi connectivity index (χ4v) is 3.10. The van der Waals surface area contributed by atoms with Crippen LogP contribution in [0.15, 0.2) is 45.3 Å². The fraction of sp³-hybridized carbons (Fsp3) is 0.273. The molecule has 1 N–H and O–H groups in total. The standard InChI is InChI=1S/C22H21FN4O3/c1-11(2)21-26-18-10-15(20(28)24-12(3)22-25-13(4)27-30-22)9-17(19(18)29-21)14-5-7-16(23)8-6-14/h5-12H,1-4H3,(H,24,28)/t12-/m1/s1. The molecule has 0 radical (unpaired) electrons. The maximum absolute atomic E-state index is 13.4. The second kappa shape index (κ2) is 7.70. The lowest BCUT2D eigenvalue weighted by molar-refractivity contribution is 0.0932. The number of carbonyl (C=O) groups excluding carboxylic acids is 1. The minimum Gasteiger partial charge on any atom is -0.440 e. The summed E-state index contributed by atoms with van der Waals surface area (Å²) in [6.45, 7) is 7.42. The van der Waals surface area contributed by atoms with Gasteiger partial charge in [-0.2, -0.15) is 4.98 Å². The van der Waals surface area contributed by atoms with Gasteiger partial charge in [0.1, 0.15) is 17.4 Å². The van der Waals surface area contributed by atoms with Crippen LogP contribution in [0.4, 0.5) is 4.39 Å². The number of benzene rings is 2. The van der Waals surface area contributed by atoms with Crippen LogP contribution in [0.2, 0.25) is 0 Å². The summed E-state index contributed by atoms with van der Waals surface area (Å²) < 4.78 is 24.5. The molecule has 2 aromatic carbocycles. The van der Waals surface area contributed by atoms with Crippen molar-refractivity contribution in [1.82, 2.24) is 20.4 Å². The number of nitrogens with one attached hydrogen (secondary N) is 1. The van der Waals surface area contributed by atoms with Gasteiger partial charge in [-0.1, -0.05) is 31.1 Å². The lowest BCUT2D eigenvalue weighted by atomic mass is 10.0. The minimum absolute atomic E-state index is 0.0801. The number of hydrogen-bond donors (Lipinski definition) is 1. The topological polar surface area (TPSA) is 94.1 Å². The number of rotatable bonds is 5. The third kappa shape index (κ3) is 3.80. The van der Waals surface area contributed by atoms with E-state index in [9.17, 15) is 9.18 Å². The highest BCUT2D eigenvalue weighted by Crippen LogP contribution is 2.33. The Morgan fingerprint density at radius 3 is 2.43 bits per heavy atom. The predicted octanol–water partition coefficient (Wildman–Crippen LogP) is 4.94. The van der Waals surface area contributed by atoms with Crippen LogP contribution in [0.25, 0.3) is 22.2 Å². The summed E-state index contributed by atoms with van der Waals surface area (Å²) in [6.07, 6.45) is 0. The summed E-state index contributed by atoms with van der Waals surface area (Å²) in [7, 11) is 0. The summed E-state index contributed by atoms with van der Waals surface area (Å²) in [4.78, 5) is 21.6. The molecule has 154 valence electrons. The number of oxazole rings is 1. The first kappa shape index (κ1) is 19.8. The number of hydrogen-bond acceptors (Lipinski definition) is 6. The van der Waals surface area contributed by atoms with Gasteiger partial charge in [-0.3, -0.25) is 4.79 Å². The lowest BCUT2D eigenvalue weighted by Gasteiger charge is -2.11. The zero-order valence-corrected chi connectivity index (χ0v) is 17.1. The quantitative estimate of drug-likeness (QED) is 0.503. The van der Waals surface area contributed by atoms with Crippen molar-refractivity contribution in [3.63, 3.8) is 0 Å². The highest BCUT2D eigenvalue weighted by Gasteiger charge is 2.21. The fourth-order valence-electron chi connectivity index (χ4n) is 3.10. The molecule has 0 fully saturated rings. The van der Waals surface area contributed by atoms with Crippen molar-refractivity contribution in [3.05, 3.63) is 65.4 Å². The first-order valence-electron chi connectivity index (χ1n) is 9.63. The van der Waals surface area contributed by atoms with Gasteiger partial charge in [0, 0.05) is 17.0 Å². The molecular formula is C22H21FN4O3. The van der Waals surface area contributed by atoms with Crippen molar-refractivity contribution in [1.29, 1.82) is 0 Å². The van der Waals surface area contributed by atoms with Crippen molar-refractivity contribution in [2.24, 2.45) is 0 Å². The Labute approximate surface area is 172 Å². The number of halogens is 1. The largest absolute Gasteiger partial charge is 0.440 e. The molecule has 0 aliphatic rings. The molecule has 8 heteroatoms. The Balaban J connectivity index is 1.76. The lowest BCUT2D eigenvalue weighted by Crippen LogP contribution is -2.26. The summed E-state index contributed by atoms with van der Waals surface area (Å²) in [5.74, 6) is 0.807. The van der Waals surface area contributed by atoms with E-state index in [0.717, 1.165) is 5.56 Å². The summed E-state index contributed by atoms with van der Waals surface area (Å²) in [5, 5.41) is 6.60.